The van der Waals surface area contributed by atoms with Gasteiger partial charge in [-0.25, -0.2) is 9.78 Å². The molecule has 0 fully saturated rings. The number of imidazole rings is 2. The number of nitriles is 1. The van der Waals surface area contributed by atoms with Gasteiger partial charge in [-0.15, -0.1) is 0 Å². The van der Waals surface area contributed by atoms with Crippen LogP contribution in [0.15, 0.2) is 53.8 Å². The highest BCUT2D eigenvalue weighted by Crippen LogP contribution is 2.25. The van der Waals surface area contributed by atoms with Crippen molar-refractivity contribution in [1.82, 2.24) is 34.1 Å². The quantitative estimate of drug-likeness (QED) is 0.451. The van der Waals surface area contributed by atoms with Crippen LogP contribution >= 0.6 is 11.6 Å². The molecule has 0 aliphatic heterocycles. The van der Waals surface area contributed by atoms with Crippen LogP contribution in [0.5, 0.6) is 0 Å². The molecular formula is C20H13ClN8O. The number of halogens is 1. The lowest BCUT2D eigenvalue weighted by molar-refractivity contribution is 0.627. The molecule has 0 radical (unpaired) electrons. The smallest absolute Gasteiger partial charge is 0.302 e. The SMILES string of the molecule is CC(c1cccnc1)n1c(=O)[nH]c2c(Cl)nc(-n3cnc4ccc(C#N)cc43)nc21. The van der Waals surface area contributed by atoms with E-state index in [9.17, 15) is 10.1 Å². The number of benzene rings is 1. The Morgan fingerprint density at radius 2 is 2.13 bits per heavy atom. The summed E-state index contributed by atoms with van der Waals surface area (Å²) >= 11 is 6.39. The second kappa shape index (κ2) is 6.79. The van der Waals surface area contributed by atoms with Crippen LogP contribution in [-0.2, 0) is 0 Å². The lowest BCUT2D eigenvalue weighted by atomic mass is 10.1. The zero-order valence-electron chi connectivity index (χ0n) is 15.6. The zero-order chi connectivity index (χ0) is 20.8. The van der Waals surface area contributed by atoms with E-state index < -0.39 is 0 Å². The van der Waals surface area contributed by atoms with E-state index in [4.69, 9.17) is 11.6 Å². The molecule has 10 heteroatoms. The third kappa shape index (κ3) is 2.74. The summed E-state index contributed by atoms with van der Waals surface area (Å²) in [7, 11) is 0. The number of H-pyrrole nitrogens is 1. The summed E-state index contributed by atoms with van der Waals surface area (Å²) in [5.41, 5.74) is 3.05. The first kappa shape index (κ1) is 18.0. The highest BCUT2D eigenvalue weighted by atomic mass is 35.5. The number of pyridine rings is 1. The maximum Gasteiger partial charge on any atom is 0.328 e. The molecule has 0 aliphatic carbocycles. The van der Waals surface area contributed by atoms with Crippen LogP contribution in [-0.4, -0.2) is 34.1 Å². The Balaban J connectivity index is 1.75. The standard InChI is InChI=1S/C20H13ClN8O/c1-11(13-3-2-6-23-9-13)29-18-16(25-20(29)30)17(21)26-19(27-18)28-10-24-14-5-4-12(8-22)7-15(14)28/h2-7,9-11H,1H3,(H,25,30). The van der Waals surface area contributed by atoms with E-state index in [0.29, 0.717) is 27.8 Å². The highest BCUT2D eigenvalue weighted by molar-refractivity contribution is 6.33. The van der Waals surface area contributed by atoms with Crippen molar-refractivity contribution < 1.29 is 0 Å². The van der Waals surface area contributed by atoms with Gasteiger partial charge in [-0.05, 0) is 36.8 Å². The second-order valence-corrected chi connectivity index (χ2v) is 7.06. The molecule has 1 aromatic carbocycles. The van der Waals surface area contributed by atoms with Crippen LogP contribution in [0.4, 0.5) is 0 Å². The molecule has 4 aromatic heterocycles. The van der Waals surface area contributed by atoms with E-state index in [1.807, 2.05) is 19.1 Å². The molecule has 0 saturated heterocycles. The van der Waals surface area contributed by atoms with E-state index in [0.717, 1.165) is 5.56 Å². The van der Waals surface area contributed by atoms with Crippen molar-refractivity contribution in [3.05, 3.63) is 75.8 Å². The Kier molecular flexibility index (Phi) is 4.08. The van der Waals surface area contributed by atoms with Crippen molar-refractivity contribution in [2.75, 3.05) is 0 Å². The predicted octanol–water partition coefficient (Wildman–Crippen LogP) is 2.99. The lowest BCUT2D eigenvalue weighted by Crippen LogP contribution is -2.21. The van der Waals surface area contributed by atoms with E-state index in [-0.39, 0.29) is 22.8 Å². The Labute approximate surface area is 174 Å². The number of nitrogens with one attached hydrogen (secondary N) is 1. The fourth-order valence-corrected chi connectivity index (χ4v) is 3.64. The Morgan fingerprint density at radius 3 is 2.90 bits per heavy atom. The first-order valence-electron chi connectivity index (χ1n) is 9.02. The number of hydrogen-bond acceptors (Lipinski definition) is 6. The molecule has 0 saturated carbocycles. The van der Waals surface area contributed by atoms with Gasteiger partial charge in [-0.1, -0.05) is 17.7 Å². The maximum absolute atomic E-state index is 12.7. The molecule has 1 atom stereocenters. The van der Waals surface area contributed by atoms with E-state index in [2.05, 4.69) is 31.0 Å². The summed E-state index contributed by atoms with van der Waals surface area (Å²) in [5, 5.41) is 9.32. The largest absolute Gasteiger partial charge is 0.328 e. The molecule has 0 bridgehead atoms. The average Bonchev–Trinajstić information content (AvgIpc) is 3.34. The van der Waals surface area contributed by atoms with Crippen LogP contribution in [0.25, 0.3) is 28.1 Å². The molecule has 1 unspecified atom stereocenters. The zero-order valence-corrected chi connectivity index (χ0v) is 16.4. The maximum atomic E-state index is 12.7. The topological polar surface area (TPSA) is 118 Å². The van der Waals surface area contributed by atoms with Crippen LogP contribution in [0, 0.1) is 11.3 Å². The normalized spacial score (nSPS) is 12.3. The molecule has 1 N–H and O–H groups in total. The van der Waals surface area contributed by atoms with Gasteiger partial charge in [0.15, 0.2) is 10.8 Å². The lowest BCUT2D eigenvalue weighted by Gasteiger charge is -2.13. The highest BCUT2D eigenvalue weighted by Gasteiger charge is 2.20. The molecule has 0 aliphatic rings. The first-order chi connectivity index (χ1) is 14.6. The molecule has 4 heterocycles. The fourth-order valence-electron chi connectivity index (χ4n) is 3.43. The van der Waals surface area contributed by atoms with Crippen LogP contribution < -0.4 is 5.69 Å². The van der Waals surface area contributed by atoms with Gasteiger partial charge in [0, 0.05) is 12.4 Å². The Hall–Kier alpha value is -4.03. The second-order valence-electron chi connectivity index (χ2n) is 6.71. The summed E-state index contributed by atoms with van der Waals surface area (Å²) in [5.74, 6) is 0.247. The fraction of sp³-hybridized carbons (Fsp3) is 0.100. The molecule has 0 spiro atoms. The van der Waals surface area contributed by atoms with Gasteiger partial charge < -0.3 is 4.98 Å². The Morgan fingerprint density at radius 1 is 1.27 bits per heavy atom. The van der Waals surface area contributed by atoms with E-state index in [1.54, 1.807) is 41.5 Å². The summed E-state index contributed by atoms with van der Waals surface area (Å²) in [6.45, 7) is 1.88. The van der Waals surface area contributed by atoms with Crippen LogP contribution in [0.1, 0.15) is 24.1 Å². The van der Waals surface area contributed by atoms with Gasteiger partial charge in [-0.3, -0.25) is 14.1 Å². The molecule has 9 nitrogen and oxygen atoms in total. The van der Waals surface area contributed by atoms with E-state index in [1.165, 1.54) is 4.57 Å². The molecule has 0 amide bonds. The summed E-state index contributed by atoms with van der Waals surface area (Å²) in [6.07, 6.45) is 4.93. The van der Waals surface area contributed by atoms with Gasteiger partial charge in [0.2, 0.25) is 5.95 Å². The van der Waals surface area contributed by atoms with Crippen LogP contribution in [0.3, 0.4) is 0 Å². The van der Waals surface area contributed by atoms with Gasteiger partial charge in [0.1, 0.15) is 11.8 Å². The molecule has 30 heavy (non-hydrogen) atoms. The van der Waals surface area contributed by atoms with Gasteiger partial charge in [0.05, 0.1) is 28.7 Å². The number of fused-ring (bicyclic) bond motifs is 2. The Bertz CT molecular complexity index is 1510. The van der Waals surface area contributed by atoms with Crippen molar-refractivity contribution in [1.29, 1.82) is 5.26 Å². The van der Waals surface area contributed by atoms with E-state index >= 15 is 0 Å². The number of rotatable bonds is 3. The third-order valence-electron chi connectivity index (χ3n) is 4.96. The first-order valence-corrected chi connectivity index (χ1v) is 9.40. The minimum Gasteiger partial charge on any atom is -0.302 e. The summed E-state index contributed by atoms with van der Waals surface area (Å²) in [4.78, 5) is 32.8. The summed E-state index contributed by atoms with van der Waals surface area (Å²) in [6, 6.07) is 10.6. The molecular weight excluding hydrogens is 404 g/mol. The monoisotopic (exact) mass is 416 g/mol. The predicted molar refractivity (Wildman–Crippen MR) is 111 cm³/mol. The molecule has 5 rings (SSSR count). The van der Waals surface area contributed by atoms with Gasteiger partial charge in [0.25, 0.3) is 0 Å². The number of aromatic nitrogens is 7. The number of nitrogens with zero attached hydrogens (tertiary/aromatic N) is 7. The summed E-state index contributed by atoms with van der Waals surface area (Å²) < 4.78 is 3.15. The van der Waals surface area contributed by atoms with Crippen molar-refractivity contribution in [3.63, 3.8) is 0 Å². The number of aromatic amines is 1. The van der Waals surface area contributed by atoms with Gasteiger partial charge >= 0.3 is 5.69 Å². The van der Waals surface area contributed by atoms with Gasteiger partial charge in [-0.2, -0.15) is 15.2 Å². The molecule has 146 valence electrons. The van der Waals surface area contributed by atoms with Crippen LogP contribution in [0.2, 0.25) is 5.15 Å². The van der Waals surface area contributed by atoms with Crippen molar-refractivity contribution >= 4 is 33.8 Å². The number of hydrogen-bond donors (Lipinski definition) is 1. The average molecular weight is 417 g/mol. The minimum absolute atomic E-state index is 0.113. The third-order valence-corrected chi connectivity index (χ3v) is 5.23. The molecule has 5 aromatic rings. The van der Waals surface area contributed by atoms with Crippen molar-refractivity contribution in [3.8, 4) is 12.0 Å². The minimum atomic E-state index is -0.350. The van der Waals surface area contributed by atoms with Crippen molar-refractivity contribution in [2.24, 2.45) is 0 Å². The van der Waals surface area contributed by atoms with Crippen molar-refractivity contribution in [2.45, 2.75) is 13.0 Å².